The first-order chi connectivity index (χ1) is 13.9. The highest BCUT2D eigenvalue weighted by Gasteiger charge is 2.33. The maximum Gasteiger partial charge on any atom is 0.337 e. The van der Waals surface area contributed by atoms with Crippen LogP contribution in [0.4, 0.5) is 0 Å². The molecule has 0 unspecified atom stereocenters. The predicted octanol–water partition coefficient (Wildman–Crippen LogP) is 3.96. The molecule has 2 aromatic carbocycles. The van der Waals surface area contributed by atoms with E-state index >= 15 is 0 Å². The van der Waals surface area contributed by atoms with Gasteiger partial charge in [0.15, 0.2) is 5.76 Å². The van der Waals surface area contributed by atoms with Crippen molar-refractivity contribution in [2.45, 2.75) is 33.4 Å². The van der Waals surface area contributed by atoms with E-state index in [4.69, 9.17) is 14.2 Å². The number of carbonyl (C=O) groups excluding carboxylic acids is 2. The van der Waals surface area contributed by atoms with E-state index in [1.807, 2.05) is 13.0 Å². The Morgan fingerprint density at radius 1 is 1.21 bits per heavy atom. The van der Waals surface area contributed by atoms with E-state index in [-0.39, 0.29) is 11.5 Å². The van der Waals surface area contributed by atoms with Crippen LogP contribution < -0.4 is 9.47 Å². The topological polar surface area (TPSA) is 65.1 Å². The number of carbonyl (C=O) groups is 2. The Kier molecular flexibility index (Phi) is 4.88. The number of ether oxygens (including phenoxy) is 3. The van der Waals surface area contributed by atoms with Crippen LogP contribution >= 0.6 is 0 Å². The molecule has 2 aromatic rings. The number of fused-ring (bicyclic) bond motifs is 2. The van der Waals surface area contributed by atoms with Gasteiger partial charge in [0.05, 0.1) is 18.2 Å². The van der Waals surface area contributed by atoms with Gasteiger partial charge in [-0.2, -0.15) is 0 Å². The number of hydrogen-bond donors (Lipinski definition) is 0. The lowest BCUT2D eigenvalue weighted by molar-refractivity contribution is 0.0600. The van der Waals surface area contributed by atoms with Crippen molar-refractivity contribution in [2.75, 3.05) is 13.8 Å². The fourth-order valence-corrected chi connectivity index (χ4v) is 3.58. The Labute approximate surface area is 169 Å². The third-order valence-electron chi connectivity index (χ3n) is 5.32. The molecule has 0 saturated carbocycles. The molecule has 0 aromatic heterocycles. The summed E-state index contributed by atoms with van der Waals surface area (Å²) in [4.78, 5) is 26.7. The van der Waals surface area contributed by atoms with Crippen molar-refractivity contribution >= 4 is 17.8 Å². The van der Waals surface area contributed by atoms with E-state index in [1.165, 1.54) is 7.11 Å². The monoisotopic (exact) mass is 393 g/mol. The fourth-order valence-electron chi connectivity index (χ4n) is 3.58. The van der Waals surface area contributed by atoms with Crippen molar-refractivity contribution in [2.24, 2.45) is 0 Å². The number of Topliss-reactive ketones (excluding diaryl/α,β-unsaturated/α-hetero) is 1. The van der Waals surface area contributed by atoms with Gasteiger partial charge in [-0.05, 0) is 50.6 Å². The molecule has 2 aliphatic rings. The molecule has 0 radical (unpaired) electrons. The molecule has 0 fully saturated rings. The fraction of sp³-hybridized carbons (Fsp3) is 0.304. The van der Waals surface area contributed by atoms with Crippen LogP contribution in [0.3, 0.4) is 0 Å². The van der Waals surface area contributed by atoms with Gasteiger partial charge in [0, 0.05) is 23.7 Å². The van der Waals surface area contributed by atoms with Gasteiger partial charge in [-0.1, -0.05) is 12.1 Å². The minimum absolute atomic E-state index is 0.149. The highest BCUT2D eigenvalue weighted by atomic mass is 16.5. The molecule has 2 heterocycles. The third kappa shape index (κ3) is 3.40. The van der Waals surface area contributed by atoms with Gasteiger partial charge in [0.1, 0.15) is 18.2 Å². The van der Waals surface area contributed by atoms with Crippen LogP contribution in [0.15, 0.2) is 36.1 Å². The second-order valence-electron chi connectivity index (χ2n) is 7.53. The number of benzene rings is 2. The van der Waals surface area contributed by atoms with E-state index in [1.54, 1.807) is 30.3 Å². The molecule has 150 valence electrons. The van der Waals surface area contributed by atoms with Gasteiger partial charge in [-0.25, -0.2) is 4.79 Å². The number of esters is 1. The van der Waals surface area contributed by atoms with Gasteiger partial charge < -0.3 is 14.2 Å². The summed E-state index contributed by atoms with van der Waals surface area (Å²) in [6.07, 6.45) is 1.68. The van der Waals surface area contributed by atoms with Gasteiger partial charge in [0.25, 0.3) is 0 Å². The lowest BCUT2D eigenvalue weighted by atomic mass is 9.99. The molecular weight excluding hydrogens is 370 g/mol. The second kappa shape index (κ2) is 7.37. The number of rotatable bonds is 3. The molecule has 4 rings (SSSR count). The Bertz CT molecular complexity index is 1020. The number of hydrogen-bond acceptors (Lipinski definition) is 6. The average Bonchev–Trinajstić information content (AvgIpc) is 3.03. The SMILES string of the molecule is COC(=O)c1ccc(/C=C2\Oc3c(cc4c(c3C)OCN(C(C)C)C4)C2=O)cc1. The molecule has 0 atom stereocenters. The van der Waals surface area contributed by atoms with Crippen LogP contribution in [0.1, 0.15) is 51.3 Å². The summed E-state index contributed by atoms with van der Waals surface area (Å²) in [5.74, 6) is 1.07. The summed E-state index contributed by atoms with van der Waals surface area (Å²) in [7, 11) is 1.34. The first-order valence-corrected chi connectivity index (χ1v) is 9.55. The van der Waals surface area contributed by atoms with Crippen LogP contribution in [-0.4, -0.2) is 36.5 Å². The first-order valence-electron chi connectivity index (χ1n) is 9.55. The molecule has 0 N–H and O–H groups in total. The normalized spacial score (nSPS) is 17.0. The van der Waals surface area contributed by atoms with Crippen LogP contribution in [-0.2, 0) is 11.3 Å². The predicted molar refractivity (Wildman–Crippen MR) is 108 cm³/mol. The number of ketones is 1. The van der Waals surface area contributed by atoms with E-state index in [0.717, 1.165) is 29.0 Å². The maximum absolute atomic E-state index is 13.0. The minimum Gasteiger partial charge on any atom is -0.477 e. The standard InChI is InChI=1S/C23H23NO5/c1-13(2)24-11-17-10-18-20(25)19(29-22(18)14(3)21(17)28-12-24)9-15-5-7-16(8-6-15)23(26)27-4/h5-10,13H,11-12H2,1-4H3/b19-9-. The summed E-state index contributed by atoms with van der Waals surface area (Å²) in [5.41, 5.74) is 3.62. The first kappa shape index (κ1) is 19.2. The Morgan fingerprint density at radius 3 is 2.59 bits per heavy atom. The summed E-state index contributed by atoms with van der Waals surface area (Å²) < 4.78 is 16.6. The van der Waals surface area contributed by atoms with Gasteiger partial charge in [0.2, 0.25) is 5.78 Å². The molecule has 0 bridgehead atoms. The summed E-state index contributed by atoms with van der Waals surface area (Å²) in [5, 5.41) is 0. The molecule has 29 heavy (non-hydrogen) atoms. The van der Waals surface area contributed by atoms with Crippen molar-refractivity contribution in [3.63, 3.8) is 0 Å². The number of methoxy groups -OCH3 is 1. The third-order valence-corrected chi connectivity index (χ3v) is 5.32. The van der Waals surface area contributed by atoms with Crippen molar-refractivity contribution in [3.05, 3.63) is 63.9 Å². The molecule has 2 aliphatic heterocycles. The summed E-state index contributed by atoms with van der Waals surface area (Å²) in [6, 6.07) is 9.05. The maximum atomic E-state index is 13.0. The Morgan fingerprint density at radius 2 is 1.93 bits per heavy atom. The van der Waals surface area contributed by atoms with Crippen LogP contribution in [0, 0.1) is 6.92 Å². The van der Waals surface area contributed by atoms with Gasteiger partial charge in [-0.3, -0.25) is 9.69 Å². The van der Waals surface area contributed by atoms with Crippen molar-refractivity contribution in [1.29, 1.82) is 0 Å². The van der Waals surface area contributed by atoms with E-state index < -0.39 is 5.97 Å². The van der Waals surface area contributed by atoms with Crippen LogP contribution in [0.5, 0.6) is 11.5 Å². The van der Waals surface area contributed by atoms with Gasteiger partial charge in [-0.15, -0.1) is 0 Å². The quantitative estimate of drug-likeness (QED) is 0.581. The van der Waals surface area contributed by atoms with E-state index in [0.29, 0.717) is 29.6 Å². The largest absolute Gasteiger partial charge is 0.477 e. The summed E-state index contributed by atoms with van der Waals surface area (Å²) in [6.45, 7) is 7.42. The number of nitrogens with zero attached hydrogens (tertiary/aromatic N) is 1. The average molecular weight is 393 g/mol. The van der Waals surface area contributed by atoms with Gasteiger partial charge >= 0.3 is 5.97 Å². The lowest BCUT2D eigenvalue weighted by Crippen LogP contribution is -2.37. The number of allylic oxidation sites excluding steroid dienone is 1. The van der Waals surface area contributed by atoms with Crippen LogP contribution in [0.25, 0.3) is 6.08 Å². The zero-order valence-electron chi connectivity index (χ0n) is 16.9. The smallest absolute Gasteiger partial charge is 0.337 e. The zero-order chi connectivity index (χ0) is 20.7. The Balaban J connectivity index is 1.64. The summed E-state index contributed by atoms with van der Waals surface area (Å²) >= 11 is 0. The molecule has 6 heteroatoms. The molecule has 0 aliphatic carbocycles. The van der Waals surface area contributed by atoms with Crippen molar-refractivity contribution in [1.82, 2.24) is 4.90 Å². The lowest BCUT2D eigenvalue weighted by Gasteiger charge is -2.32. The van der Waals surface area contributed by atoms with E-state index in [9.17, 15) is 9.59 Å². The molecule has 0 amide bonds. The zero-order valence-corrected chi connectivity index (χ0v) is 16.9. The van der Waals surface area contributed by atoms with Crippen molar-refractivity contribution < 1.29 is 23.8 Å². The molecule has 0 spiro atoms. The molecule has 6 nitrogen and oxygen atoms in total. The molecular formula is C23H23NO5. The van der Waals surface area contributed by atoms with Crippen molar-refractivity contribution in [3.8, 4) is 11.5 Å². The Hall–Kier alpha value is -3.12. The molecule has 0 saturated heterocycles. The highest BCUT2D eigenvalue weighted by Crippen LogP contribution is 2.43. The van der Waals surface area contributed by atoms with Crippen LogP contribution in [0.2, 0.25) is 0 Å². The second-order valence-corrected chi connectivity index (χ2v) is 7.53. The highest BCUT2D eigenvalue weighted by molar-refractivity contribution is 6.15. The van der Waals surface area contributed by atoms with E-state index in [2.05, 4.69) is 18.7 Å². The minimum atomic E-state index is -0.401.